The minimum absolute atomic E-state index is 0.387. The highest BCUT2D eigenvalue weighted by Crippen LogP contribution is 2.38. The molecule has 0 bridgehead atoms. The van der Waals surface area contributed by atoms with Crippen LogP contribution in [0.15, 0.2) is 0 Å². The van der Waals surface area contributed by atoms with Gasteiger partial charge in [-0.25, -0.2) is 0 Å². The van der Waals surface area contributed by atoms with Gasteiger partial charge in [-0.1, -0.05) is 25.7 Å². The molecule has 88 valence electrons. The maximum absolute atomic E-state index is 9.21. The summed E-state index contributed by atoms with van der Waals surface area (Å²) >= 11 is 0. The monoisotopic (exact) mass is 211 g/mol. The van der Waals surface area contributed by atoms with Crippen molar-refractivity contribution < 1.29 is 5.11 Å². The summed E-state index contributed by atoms with van der Waals surface area (Å²) < 4.78 is 0. The van der Waals surface area contributed by atoms with Crippen LogP contribution in [0.2, 0.25) is 0 Å². The highest BCUT2D eigenvalue weighted by Gasteiger charge is 2.31. The molecule has 2 N–H and O–H groups in total. The van der Waals surface area contributed by atoms with E-state index in [1.165, 1.54) is 51.6 Å². The average molecular weight is 211 g/mol. The highest BCUT2D eigenvalue weighted by molar-refractivity contribution is 4.83. The molecule has 0 spiro atoms. The molecule has 2 atom stereocenters. The van der Waals surface area contributed by atoms with Crippen molar-refractivity contribution >= 4 is 0 Å². The van der Waals surface area contributed by atoms with Crippen molar-refractivity contribution in [2.75, 3.05) is 19.7 Å². The number of piperidine rings is 1. The first kappa shape index (κ1) is 11.4. The van der Waals surface area contributed by atoms with Crippen molar-refractivity contribution in [3.05, 3.63) is 0 Å². The van der Waals surface area contributed by atoms with Crippen LogP contribution in [-0.2, 0) is 0 Å². The molecule has 2 nitrogen and oxygen atoms in total. The van der Waals surface area contributed by atoms with E-state index >= 15 is 0 Å². The van der Waals surface area contributed by atoms with Crippen molar-refractivity contribution in [3.8, 4) is 0 Å². The van der Waals surface area contributed by atoms with E-state index in [1.54, 1.807) is 0 Å². The molecular formula is C13H25NO. The van der Waals surface area contributed by atoms with Crippen LogP contribution in [0, 0.1) is 17.8 Å². The summed E-state index contributed by atoms with van der Waals surface area (Å²) in [5.74, 6) is 2.56. The van der Waals surface area contributed by atoms with Crippen molar-refractivity contribution in [1.29, 1.82) is 0 Å². The van der Waals surface area contributed by atoms with Crippen LogP contribution >= 0.6 is 0 Å². The summed E-state index contributed by atoms with van der Waals surface area (Å²) in [4.78, 5) is 0. The van der Waals surface area contributed by atoms with Crippen LogP contribution in [0.5, 0.6) is 0 Å². The van der Waals surface area contributed by atoms with Crippen LogP contribution in [0.25, 0.3) is 0 Å². The van der Waals surface area contributed by atoms with Gasteiger partial charge in [-0.2, -0.15) is 0 Å². The standard InChI is InChI=1S/C13H25NO/c15-9-7-13(11-4-1-2-5-11)12-6-3-8-14-10-12/h11-15H,1-10H2. The molecular weight excluding hydrogens is 186 g/mol. The number of aliphatic hydroxyl groups is 1. The molecule has 1 saturated heterocycles. The zero-order chi connectivity index (χ0) is 10.5. The van der Waals surface area contributed by atoms with Gasteiger partial charge in [0, 0.05) is 6.61 Å². The summed E-state index contributed by atoms with van der Waals surface area (Å²) in [6.07, 6.45) is 9.44. The lowest BCUT2D eigenvalue weighted by Gasteiger charge is -2.34. The van der Waals surface area contributed by atoms with Gasteiger partial charge in [-0.15, -0.1) is 0 Å². The van der Waals surface area contributed by atoms with Gasteiger partial charge in [-0.05, 0) is 50.1 Å². The summed E-state index contributed by atoms with van der Waals surface area (Å²) in [5, 5.41) is 12.7. The Morgan fingerprint density at radius 3 is 2.40 bits per heavy atom. The predicted molar refractivity (Wildman–Crippen MR) is 62.7 cm³/mol. The van der Waals surface area contributed by atoms with E-state index in [1.807, 2.05) is 0 Å². The van der Waals surface area contributed by atoms with E-state index in [-0.39, 0.29) is 0 Å². The molecule has 1 aliphatic carbocycles. The van der Waals surface area contributed by atoms with Crippen LogP contribution < -0.4 is 5.32 Å². The second-order valence-electron chi connectivity index (χ2n) is 5.33. The van der Waals surface area contributed by atoms with Crippen molar-refractivity contribution in [3.63, 3.8) is 0 Å². The third-order valence-corrected chi connectivity index (χ3v) is 4.41. The maximum Gasteiger partial charge on any atom is 0.0433 e. The lowest BCUT2D eigenvalue weighted by atomic mass is 9.75. The van der Waals surface area contributed by atoms with Crippen molar-refractivity contribution in [1.82, 2.24) is 5.32 Å². The Kier molecular flexibility index (Phi) is 4.45. The topological polar surface area (TPSA) is 32.3 Å². The van der Waals surface area contributed by atoms with Gasteiger partial charge < -0.3 is 10.4 Å². The lowest BCUT2D eigenvalue weighted by molar-refractivity contribution is 0.144. The van der Waals surface area contributed by atoms with Gasteiger partial charge in [0.1, 0.15) is 0 Å². The molecule has 1 saturated carbocycles. The number of hydrogen-bond acceptors (Lipinski definition) is 2. The van der Waals surface area contributed by atoms with E-state index in [4.69, 9.17) is 0 Å². The summed E-state index contributed by atoms with van der Waals surface area (Å²) in [6.45, 7) is 2.78. The highest BCUT2D eigenvalue weighted by atomic mass is 16.3. The van der Waals surface area contributed by atoms with Crippen LogP contribution in [-0.4, -0.2) is 24.8 Å². The molecule has 0 aromatic carbocycles. The van der Waals surface area contributed by atoms with Gasteiger partial charge in [-0.3, -0.25) is 0 Å². The third kappa shape index (κ3) is 2.94. The fraction of sp³-hybridized carbons (Fsp3) is 1.00. The van der Waals surface area contributed by atoms with Crippen LogP contribution in [0.1, 0.15) is 44.9 Å². The van der Waals surface area contributed by atoms with E-state index in [0.29, 0.717) is 6.61 Å². The molecule has 0 amide bonds. The fourth-order valence-corrected chi connectivity index (χ4v) is 3.64. The number of hydrogen-bond donors (Lipinski definition) is 2. The van der Waals surface area contributed by atoms with E-state index < -0.39 is 0 Å². The number of nitrogens with one attached hydrogen (secondary N) is 1. The molecule has 2 fully saturated rings. The molecule has 2 unspecified atom stereocenters. The maximum atomic E-state index is 9.21. The average Bonchev–Trinajstić information content (AvgIpc) is 2.80. The second kappa shape index (κ2) is 5.86. The molecule has 0 radical (unpaired) electrons. The quantitative estimate of drug-likeness (QED) is 0.747. The summed E-state index contributed by atoms with van der Waals surface area (Å²) in [5.41, 5.74) is 0. The normalized spacial score (nSPS) is 30.6. The zero-order valence-electron chi connectivity index (χ0n) is 9.75. The minimum atomic E-state index is 0.387. The van der Waals surface area contributed by atoms with E-state index in [9.17, 15) is 5.11 Å². The molecule has 0 aromatic heterocycles. The summed E-state index contributed by atoms with van der Waals surface area (Å²) in [6, 6.07) is 0. The second-order valence-corrected chi connectivity index (χ2v) is 5.33. The SMILES string of the molecule is OCCC(C1CCCC1)C1CCCNC1. The molecule has 2 aliphatic rings. The van der Waals surface area contributed by atoms with Gasteiger partial charge in [0.05, 0.1) is 0 Å². The fourth-order valence-electron chi connectivity index (χ4n) is 3.64. The Morgan fingerprint density at radius 1 is 1.07 bits per heavy atom. The van der Waals surface area contributed by atoms with E-state index in [0.717, 1.165) is 24.2 Å². The largest absolute Gasteiger partial charge is 0.396 e. The van der Waals surface area contributed by atoms with Gasteiger partial charge in [0.15, 0.2) is 0 Å². The smallest absolute Gasteiger partial charge is 0.0433 e. The lowest BCUT2D eigenvalue weighted by Crippen LogP contribution is -2.36. The third-order valence-electron chi connectivity index (χ3n) is 4.41. The first-order valence-corrected chi connectivity index (χ1v) is 6.73. The van der Waals surface area contributed by atoms with Gasteiger partial charge in [0.25, 0.3) is 0 Å². The molecule has 1 heterocycles. The Bertz CT molecular complexity index is 171. The summed E-state index contributed by atoms with van der Waals surface area (Å²) in [7, 11) is 0. The zero-order valence-corrected chi connectivity index (χ0v) is 9.75. The minimum Gasteiger partial charge on any atom is -0.396 e. The Morgan fingerprint density at radius 2 is 1.80 bits per heavy atom. The first-order valence-electron chi connectivity index (χ1n) is 6.73. The van der Waals surface area contributed by atoms with Crippen LogP contribution in [0.4, 0.5) is 0 Å². The van der Waals surface area contributed by atoms with Gasteiger partial charge in [0.2, 0.25) is 0 Å². The van der Waals surface area contributed by atoms with Gasteiger partial charge >= 0.3 is 0 Å². The number of aliphatic hydroxyl groups excluding tert-OH is 1. The van der Waals surface area contributed by atoms with Crippen molar-refractivity contribution in [2.24, 2.45) is 17.8 Å². The Balaban J connectivity index is 1.90. The molecule has 15 heavy (non-hydrogen) atoms. The Hall–Kier alpha value is -0.0800. The first-order chi connectivity index (χ1) is 7.42. The molecule has 2 heteroatoms. The molecule has 1 aliphatic heterocycles. The predicted octanol–water partition coefficient (Wildman–Crippen LogP) is 2.17. The number of rotatable bonds is 4. The van der Waals surface area contributed by atoms with E-state index in [2.05, 4.69) is 5.32 Å². The van der Waals surface area contributed by atoms with Crippen LogP contribution in [0.3, 0.4) is 0 Å². The molecule has 2 rings (SSSR count). The van der Waals surface area contributed by atoms with Crippen molar-refractivity contribution in [2.45, 2.75) is 44.9 Å². The molecule has 0 aromatic rings. The Labute approximate surface area is 93.5 Å².